The van der Waals surface area contributed by atoms with Crippen LogP contribution in [0.3, 0.4) is 0 Å². The van der Waals surface area contributed by atoms with Gasteiger partial charge in [-0.3, -0.25) is 4.90 Å². The number of ether oxygens (including phenoxy) is 2. The maximum absolute atomic E-state index is 13.1. The van der Waals surface area contributed by atoms with Crippen molar-refractivity contribution >= 4 is 12.0 Å². The number of hydrogen-bond acceptors (Lipinski definition) is 5. The third-order valence-corrected chi connectivity index (χ3v) is 6.63. The third kappa shape index (κ3) is 6.22. The highest BCUT2D eigenvalue weighted by Gasteiger charge is 2.36. The van der Waals surface area contributed by atoms with Crippen molar-refractivity contribution in [1.29, 1.82) is 0 Å². The lowest BCUT2D eigenvalue weighted by Crippen LogP contribution is -2.49. The Labute approximate surface area is 207 Å². The van der Waals surface area contributed by atoms with Crippen molar-refractivity contribution in [2.45, 2.75) is 39.2 Å². The quantitative estimate of drug-likeness (QED) is 0.529. The van der Waals surface area contributed by atoms with Gasteiger partial charge in [-0.1, -0.05) is 48.5 Å². The van der Waals surface area contributed by atoms with Gasteiger partial charge in [0.15, 0.2) is 0 Å². The van der Waals surface area contributed by atoms with Gasteiger partial charge in [-0.2, -0.15) is 0 Å². The van der Waals surface area contributed by atoms with Crippen LogP contribution in [0.25, 0.3) is 0 Å². The van der Waals surface area contributed by atoms with Crippen molar-refractivity contribution in [3.63, 3.8) is 0 Å². The number of nitrogens with zero attached hydrogens (tertiary/aromatic N) is 1. The smallest absolute Gasteiger partial charge is 0.338 e. The molecule has 0 saturated carbocycles. The normalized spacial score (nSPS) is 19.1. The van der Waals surface area contributed by atoms with Crippen LogP contribution in [-0.4, -0.2) is 49.7 Å². The first kappa shape index (κ1) is 24.8. The van der Waals surface area contributed by atoms with Gasteiger partial charge in [0.25, 0.3) is 0 Å². The zero-order valence-electron chi connectivity index (χ0n) is 20.6. The number of carbonyl (C=O) groups is 2. The minimum Gasteiger partial charge on any atom is -0.494 e. The Morgan fingerprint density at radius 2 is 1.71 bits per heavy atom. The third-order valence-electron chi connectivity index (χ3n) is 6.63. The highest BCUT2D eigenvalue weighted by molar-refractivity contribution is 5.95. The van der Waals surface area contributed by atoms with Crippen molar-refractivity contribution in [3.8, 4) is 5.75 Å². The second-order valence-corrected chi connectivity index (χ2v) is 9.02. The summed E-state index contributed by atoms with van der Waals surface area (Å²) < 4.78 is 11.2. The predicted octanol–water partition coefficient (Wildman–Crippen LogP) is 4.21. The van der Waals surface area contributed by atoms with Crippen LogP contribution in [0.15, 0.2) is 65.9 Å². The number of nitrogens with one attached hydrogen (secondary N) is 2. The molecule has 1 fully saturated rings. The molecule has 35 heavy (non-hydrogen) atoms. The molecule has 2 aromatic rings. The summed E-state index contributed by atoms with van der Waals surface area (Å²) in [6.07, 6.45) is 3.25. The lowest BCUT2D eigenvalue weighted by atomic mass is 9.89. The molecule has 2 amide bonds. The molecule has 4 rings (SSSR count). The maximum atomic E-state index is 13.1. The lowest BCUT2D eigenvalue weighted by Gasteiger charge is -2.35. The van der Waals surface area contributed by atoms with E-state index in [9.17, 15) is 9.59 Å². The van der Waals surface area contributed by atoms with Gasteiger partial charge in [-0.25, -0.2) is 9.59 Å². The van der Waals surface area contributed by atoms with Gasteiger partial charge in [0, 0.05) is 17.8 Å². The molecule has 0 radical (unpaired) electrons. The molecule has 7 heteroatoms. The average Bonchev–Trinajstić information content (AvgIpc) is 2.86. The summed E-state index contributed by atoms with van der Waals surface area (Å²) in [5, 5.41) is 5.82. The molecule has 0 bridgehead atoms. The molecule has 0 unspecified atom stereocenters. The first-order valence-electron chi connectivity index (χ1n) is 12.5. The Kier molecular flexibility index (Phi) is 8.42. The number of para-hydroxylation sites is 1. The van der Waals surface area contributed by atoms with E-state index in [1.165, 1.54) is 5.56 Å². The van der Waals surface area contributed by atoms with Gasteiger partial charge in [0.1, 0.15) is 5.75 Å². The monoisotopic (exact) mass is 477 g/mol. The van der Waals surface area contributed by atoms with Crippen LogP contribution in [0.2, 0.25) is 0 Å². The Balaban J connectivity index is 1.54. The first-order valence-corrected chi connectivity index (χ1v) is 12.5. The molecule has 2 aliphatic heterocycles. The summed E-state index contributed by atoms with van der Waals surface area (Å²) in [5.74, 6) is 0.857. The Hall–Kier alpha value is -3.32. The second-order valence-electron chi connectivity index (χ2n) is 9.02. The predicted molar refractivity (Wildman–Crippen MR) is 135 cm³/mol. The highest BCUT2D eigenvalue weighted by Crippen LogP contribution is 2.34. The van der Waals surface area contributed by atoms with Crippen LogP contribution < -0.4 is 15.4 Å². The van der Waals surface area contributed by atoms with E-state index in [2.05, 4.69) is 39.8 Å². The van der Waals surface area contributed by atoms with Gasteiger partial charge >= 0.3 is 12.0 Å². The Bertz CT molecular complexity index is 1050. The summed E-state index contributed by atoms with van der Waals surface area (Å²) in [6, 6.07) is 17.1. The SMILES string of the molecule is CCOC(=O)C1=C(CN2CCC(Cc3ccccc3)CC2)NC(=O)N[C@@H]1c1ccccc1OCC. The number of benzene rings is 2. The molecule has 1 saturated heterocycles. The van der Waals surface area contributed by atoms with E-state index in [1.807, 2.05) is 37.3 Å². The van der Waals surface area contributed by atoms with Crippen LogP contribution in [-0.2, 0) is 16.0 Å². The fraction of sp³-hybridized carbons (Fsp3) is 0.429. The van der Waals surface area contributed by atoms with Crippen molar-refractivity contribution in [2.75, 3.05) is 32.8 Å². The lowest BCUT2D eigenvalue weighted by molar-refractivity contribution is -0.139. The number of likely N-dealkylation sites (tertiary alicyclic amines) is 1. The number of esters is 1. The number of carbonyl (C=O) groups excluding carboxylic acids is 2. The van der Waals surface area contributed by atoms with Gasteiger partial charge in [0.2, 0.25) is 0 Å². The highest BCUT2D eigenvalue weighted by atomic mass is 16.5. The number of rotatable bonds is 9. The van der Waals surface area contributed by atoms with E-state index >= 15 is 0 Å². The van der Waals surface area contributed by atoms with Crippen LogP contribution in [0.4, 0.5) is 4.79 Å². The van der Waals surface area contributed by atoms with Crippen molar-refractivity contribution in [3.05, 3.63) is 77.0 Å². The van der Waals surface area contributed by atoms with Crippen LogP contribution >= 0.6 is 0 Å². The fourth-order valence-electron chi connectivity index (χ4n) is 4.95. The number of hydrogen-bond donors (Lipinski definition) is 2. The summed E-state index contributed by atoms with van der Waals surface area (Å²) >= 11 is 0. The summed E-state index contributed by atoms with van der Waals surface area (Å²) in [5.41, 5.74) is 3.15. The van der Waals surface area contributed by atoms with E-state index < -0.39 is 12.0 Å². The Morgan fingerprint density at radius 3 is 2.43 bits per heavy atom. The van der Waals surface area contributed by atoms with E-state index in [0.29, 0.717) is 36.1 Å². The molecule has 2 N–H and O–H groups in total. The zero-order valence-corrected chi connectivity index (χ0v) is 20.6. The van der Waals surface area contributed by atoms with Crippen molar-refractivity contribution in [2.24, 2.45) is 5.92 Å². The molecular formula is C28H35N3O4. The van der Waals surface area contributed by atoms with Crippen LogP contribution in [0, 0.1) is 5.92 Å². The topological polar surface area (TPSA) is 79.9 Å². The first-order chi connectivity index (χ1) is 17.1. The molecule has 0 spiro atoms. The number of amides is 2. The fourth-order valence-corrected chi connectivity index (χ4v) is 4.95. The molecule has 2 aliphatic rings. The Morgan fingerprint density at radius 1 is 1.00 bits per heavy atom. The largest absolute Gasteiger partial charge is 0.494 e. The van der Waals surface area contributed by atoms with E-state index in [-0.39, 0.29) is 12.6 Å². The van der Waals surface area contributed by atoms with Crippen molar-refractivity contribution in [1.82, 2.24) is 15.5 Å². The second kappa shape index (κ2) is 11.9. The molecule has 2 heterocycles. The molecule has 1 atom stereocenters. The standard InChI is InChI=1S/C28H35N3O4/c1-3-34-24-13-9-8-12-22(24)26-25(27(32)35-4-2)23(29-28(33)30-26)19-31-16-14-21(15-17-31)18-20-10-6-5-7-11-20/h5-13,21,26H,3-4,14-19H2,1-2H3,(H2,29,30,33)/t26-/m1/s1. The summed E-state index contributed by atoms with van der Waals surface area (Å²) in [4.78, 5) is 28.1. The molecule has 7 nitrogen and oxygen atoms in total. The number of piperidine rings is 1. The summed E-state index contributed by atoms with van der Waals surface area (Å²) in [7, 11) is 0. The van der Waals surface area contributed by atoms with Gasteiger partial charge in [-0.05, 0) is 63.7 Å². The number of urea groups is 1. The molecular weight excluding hydrogens is 442 g/mol. The minimum atomic E-state index is -0.642. The molecule has 2 aromatic carbocycles. The molecule has 0 aromatic heterocycles. The molecule has 0 aliphatic carbocycles. The molecule has 186 valence electrons. The van der Waals surface area contributed by atoms with Gasteiger partial charge in [0.05, 0.1) is 24.8 Å². The van der Waals surface area contributed by atoms with Crippen LogP contribution in [0.5, 0.6) is 5.75 Å². The van der Waals surface area contributed by atoms with E-state index in [1.54, 1.807) is 6.92 Å². The average molecular weight is 478 g/mol. The van der Waals surface area contributed by atoms with Gasteiger partial charge in [-0.15, -0.1) is 0 Å². The summed E-state index contributed by atoms with van der Waals surface area (Å²) in [6.45, 7) is 6.77. The van der Waals surface area contributed by atoms with Crippen LogP contribution in [0.1, 0.15) is 43.9 Å². The van der Waals surface area contributed by atoms with Gasteiger partial charge < -0.3 is 20.1 Å². The maximum Gasteiger partial charge on any atom is 0.338 e. The minimum absolute atomic E-state index is 0.258. The zero-order chi connectivity index (χ0) is 24.6. The van der Waals surface area contributed by atoms with E-state index in [4.69, 9.17) is 9.47 Å². The van der Waals surface area contributed by atoms with Crippen molar-refractivity contribution < 1.29 is 19.1 Å². The van der Waals surface area contributed by atoms with E-state index in [0.717, 1.165) is 37.9 Å².